The lowest BCUT2D eigenvalue weighted by atomic mass is 9.65. The molecule has 4 bridgehead atoms. The van der Waals surface area contributed by atoms with Gasteiger partial charge in [0.25, 0.3) is 0 Å². The number of hydrogen-bond donors (Lipinski definition) is 1. The third-order valence-corrected chi connectivity index (χ3v) is 4.13. The Morgan fingerprint density at radius 3 is 3.00 bits per heavy atom. The van der Waals surface area contributed by atoms with E-state index < -0.39 is 6.29 Å². The molecule has 0 radical (unpaired) electrons. The molecule has 0 spiro atoms. The number of rotatable bonds is 2. The number of carbonyl (C=O) groups is 1. The molecule has 4 aliphatic rings. The van der Waals surface area contributed by atoms with Gasteiger partial charge in [0.2, 0.25) is 0 Å². The monoisotopic (exact) mass is 226 g/mol. The Balaban J connectivity index is 1.89. The standard InChI is InChI=1S/C12H18O4/c1-7(13)16-12-4-8-2-9(5-12)11(14)15-10(3-8)6-12/h7-10,13H,2-6H2,1H3. The van der Waals surface area contributed by atoms with Gasteiger partial charge in [-0.3, -0.25) is 4.79 Å². The highest BCUT2D eigenvalue weighted by Crippen LogP contribution is 2.51. The second-order valence-corrected chi connectivity index (χ2v) is 5.61. The number of carbonyl (C=O) groups excluding carboxylic acids is 1. The molecule has 2 aliphatic carbocycles. The molecule has 5 unspecified atom stereocenters. The molecule has 2 aliphatic heterocycles. The first-order chi connectivity index (χ1) is 7.56. The fraction of sp³-hybridized carbons (Fsp3) is 0.917. The molecule has 4 rings (SSSR count). The molecule has 2 saturated carbocycles. The lowest BCUT2D eigenvalue weighted by Crippen LogP contribution is -2.48. The summed E-state index contributed by atoms with van der Waals surface area (Å²) in [6, 6.07) is 0. The van der Waals surface area contributed by atoms with Crippen molar-refractivity contribution >= 4 is 5.97 Å². The molecule has 4 nitrogen and oxygen atoms in total. The number of fused-ring (bicyclic) bond motifs is 1. The van der Waals surface area contributed by atoms with Crippen LogP contribution in [-0.2, 0) is 14.3 Å². The summed E-state index contributed by atoms with van der Waals surface area (Å²) in [6.07, 6.45) is 3.64. The second-order valence-electron chi connectivity index (χ2n) is 5.61. The SMILES string of the molecule is CC(O)OC12CC3CC(C1)OC(=O)C(C3)C2. The van der Waals surface area contributed by atoms with Crippen LogP contribution in [0.2, 0.25) is 0 Å². The van der Waals surface area contributed by atoms with Crippen LogP contribution < -0.4 is 0 Å². The van der Waals surface area contributed by atoms with Crippen LogP contribution in [0.5, 0.6) is 0 Å². The van der Waals surface area contributed by atoms with Gasteiger partial charge >= 0.3 is 5.97 Å². The summed E-state index contributed by atoms with van der Waals surface area (Å²) in [7, 11) is 0. The number of aliphatic hydroxyl groups is 1. The Bertz CT molecular complexity index is 310. The first-order valence-electron chi connectivity index (χ1n) is 6.13. The molecule has 0 aromatic heterocycles. The van der Waals surface area contributed by atoms with E-state index in [1.807, 2.05) is 0 Å². The first kappa shape index (κ1) is 10.5. The third-order valence-electron chi connectivity index (χ3n) is 4.13. The van der Waals surface area contributed by atoms with Crippen LogP contribution >= 0.6 is 0 Å². The number of hydrogen-bond acceptors (Lipinski definition) is 4. The Hall–Kier alpha value is -0.610. The molecule has 1 N–H and O–H groups in total. The second kappa shape index (κ2) is 3.44. The normalized spacial score (nSPS) is 47.6. The van der Waals surface area contributed by atoms with Crippen molar-refractivity contribution in [1.82, 2.24) is 0 Å². The van der Waals surface area contributed by atoms with Gasteiger partial charge in [0.05, 0.1) is 11.5 Å². The van der Waals surface area contributed by atoms with E-state index in [4.69, 9.17) is 9.47 Å². The average Bonchev–Trinajstić information content (AvgIpc) is 2.27. The lowest BCUT2D eigenvalue weighted by Gasteiger charge is -2.46. The van der Waals surface area contributed by atoms with E-state index in [9.17, 15) is 9.90 Å². The molecule has 16 heavy (non-hydrogen) atoms. The Morgan fingerprint density at radius 1 is 1.44 bits per heavy atom. The molecule has 90 valence electrons. The van der Waals surface area contributed by atoms with E-state index in [0.29, 0.717) is 5.92 Å². The van der Waals surface area contributed by atoms with Crippen LogP contribution in [0.15, 0.2) is 0 Å². The van der Waals surface area contributed by atoms with Crippen molar-refractivity contribution in [2.45, 2.75) is 57.0 Å². The van der Waals surface area contributed by atoms with Gasteiger partial charge in [-0.1, -0.05) is 0 Å². The van der Waals surface area contributed by atoms with Crippen molar-refractivity contribution in [3.63, 3.8) is 0 Å². The summed E-state index contributed by atoms with van der Waals surface area (Å²) in [5.41, 5.74) is -0.309. The molecule has 4 fully saturated rings. The predicted molar refractivity (Wildman–Crippen MR) is 55.4 cm³/mol. The van der Waals surface area contributed by atoms with Crippen LogP contribution in [0.25, 0.3) is 0 Å². The summed E-state index contributed by atoms with van der Waals surface area (Å²) in [4.78, 5) is 11.7. The van der Waals surface area contributed by atoms with Crippen molar-refractivity contribution in [3.8, 4) is 0 Å². The number of ether oxygens (including phenoxy) is 2. The highest BCUT2D eigenvalue weighted by Gasteiger charge is 2.53. The zero-order valence-corrected chi connectivity index (χ0v) is 9.52. The van der Waals surface area contributed by atoms with Crippen LogP contribution in [0.1, 0.15) is 39.0 Å². The fourth-order valence-electron chi connectivity index (χ4n) is 3.88. The minimum Gasteiger partial charge on any atom is -0.462 e. The maximum absolute atomic E-state index is 11.7. The van der Waals surface area contributed by atoms with Gasteiger partial charge in [-0.05, 0) is 38.5 Å². The quantitative estimate of drug-likeness (QED) is 0.568. The Kier molecular flexibility index (Phi) is 2.27. The van der Waals surface area contributed by atoms with Crippen LogP contribution in [-0.4, -0.2) is 29.1 Å². The molecular formula is C12H18O4. The largest absolute Gasteiger partial charge is 0.462 e. The Morgan fingerprint density at radius 2 is 2.25 bits per heavy atom. The summed E-state index contributed by atoms with van der Waals surface area (Å²) in [5, 5.41) is 9.42. The number of esters is 1. The lowest BCUT2D eigenvalue weighted by molar-refractivity contribution is -0.213. The van der Waals surface area contributed by atoms with Crippen molar-refractivity contribution in [2.24, 2.45) is 11.8 Å². The molecule has 5 atom stereocenters. The summed E-state index contributed by atoms with van der Waals surface area (Å²) in [6.45, 7) is 1.64. The molecule has 0 aromatic carbocycles. The van der Waals surface area contributed by atoms with Gasteiger partial charge in [0.1, 0.15) is 6.10 Å². The van der Waals surface area contributed by atoms with Gasteiger partial charge in [-0.2, -0.15) is 0 Å². The molecule has 0 amide bonds. The molecule has 0 aromatic rings. The van der Waals surface area contributed by atoms with Crippen molar-refractivity contribution < 1.29 is 19.4 Å². The highest BCUT2D eigenvalue weighted by atomic mass is 16.6. The molecule has 4 heteroatoms. The zero-order valence-electron chi connectivity index (χ0n) is 9.52. The smallest absolute Gasteiger partial charge is 0.309 e. The zero-order chi connectivity index (χ0) is 11.3. The fourth-order valence-corrected chi connectivity index (χ4v) is 3.88. The maximum Gasteiger partial charge on any atom is 0.309 e. The van der Waals surface area contributed by atoms with Crippen molar-refractivity contribution in [3.05, 3.63) is 0 Å². The van der Waals surface area contributed by atoms with Crippen LogP contribution in [0.3, 0.4) is 0 Å². The third kappa shape index (κ3) is 1.64. The minimum absolute atomic E-state index is 0.00926. The topological polar surface area (TPSA) is 55.8 Å². The Labute approximate surface area is 94.9 Å². The molecule has 2 heterocycles. The minimum atomic E-state index is -0.758. The van der Waals surface area contributed by atoms with Gasteiger partial charge < -0.3 is 14.6 Å². The van der Waals surface area contributed by atoms with E-state index in [1.54, 1.807) is 6.92 Å². The van der Waals surface area contributed by atoms with E-state index in [0.717, 1.165) is 32.1 Å². The number of aliphatic hydroxyl groups excluding tert-OH is 1. The van der Waals surface area contributed by atoms with E-state index in [1.165, 1.54) is 0 Å². The van der Waals surface area contributed by atoms with Gasteiger partial charge in [0, 0.05) is 6.42 Å². The van der Waals surface area contributed by atoms with Crippen molar-refractivity contribution in [1.29, 1.82) is 0 Å². The van der Waals surface area contributed by atoms with Crippen LogP contribution in [0.4, 0.5) is 0 Å². The summed E-state index contributed by atoms with van der Waals surface area (Å²) >= 11 is 0. The van der Waals surface area contributed by atoms with Crippen LogP contribution in [0, 0.1) is 11.8 Å². The predicted octanol–water partition coefficient (Wildman–Crippen LogP) is 1.22. The van der Waals surface area contributed by atoms with Gasteiger partial charge in [0.15, 0.2) is 6.29 Å². The van der Waals surface area contributed by atoms with Gasteiger partial charge in [-0.25, -0.2) is 0 Å². The summed E-state index contributed by atoms with van der Waals surface area (Å²) in [5.74, 6) is 0.468. The van der Waals surface area contributed by atoms with Gasteiger partial charge in [-0.15, -0.1) is 0 Å². The first-order valence-corrected chi connectivity index (χ1v) is 6.13. The molecular weight excluding hydrogens is 208 g/mol. The molecule has 2 saturated heterocycles. The van der Waals surface area contributed by atoms with E-state index >= 15 is 0 Å². The summed E-state index contributed by atoms with van der Waals surface area (Å²) < 4.78 is 11.1. The highest BCUT2D eigenvalue weighted by molar-refractivity contribution is 5.73. The van der Waals surface area contributed by atoms with E-state index in [2.05, 4.69) is 0 Å². The average molecular weight is 226 g/mol. The van der Waals surface area contributed by atoms with Crippen molar-refractivity contribution in [2.75, 3.05) is 0 Å². The maximum atomic E-state index is 11.7. The van der Waals surface area contributed by atoms with E-state index in [-0.39, 0.29) is 23.6 Å².